The Bertz CT molecular complexity index is 515. The van der Waals surface area contributed by atoms with Crippen molar-refractivity contribution in [2.45, 2.75) is 0 Å². The molecule has 18 heavy (non-hydrogen) atoms. The van der Waals surface area contributed by atoms with Crippen molar-refractivity contribution in [3.63, 3.8) is 0 Å². The second-order valence-corrected chi connectivity index (χ2v) is 3.51. The van der Waals surface area contributed by atoms with E-state index in [9.17, 15) is 13.6 Å². The number of halogens is 2. The van der Waals surface area contributed by atoms with Gasteiger partial charge in [0, 0.05) is 0 Å². The monoisotopic (exact) mass is 249 g/mol. The highest BCUT2D eigenvalue weighted by Gasteiger charge is 2.16. The zero-order chi connectivity index (χ0) is 13.5. The standard InChI is InChI=1S/C12H9F2N3O/c13-9-1-2-11(14)10(7-9)12(18)8-17(5-3-15)6-4-16/h1-2,7H,5-6,8H2. The van der Waals surface area contributed by atoms with Gasteiger partial charge >= 0.3 is 0 Å². The van der Waals surface area contributed by atoms with Crippen LogP contribution in [0.25, 0.3) is 0 Å². The Hall–Kier alpha value is -2.31. The molecule has 0 aliphatic heterocycles. The molecule has 0 saturated carbocycles. The highest BCUT2D eigenvalue weighted by Crippen LogP contribution is 2.11. The van der Waals surface area contributed by atoms with Crippen LogP contribution in [-0.2, 0) is 0 Å². The van der Waals surface area contributed by atoms with Gasteiger partial charge in [0.1, 0.15) is 11.6 Å². The fraction of sp³-hybridized carbons (Fsp3) is 0.250. The fourth-order valence-electron chi connectivity index (χ4n) is 1.37. The number of nitriles is 2. The van der Waals surface area contributed by atoms with Crippen molar-refractivity contribution in [3.8, 4) is 12.1 Å². The Labute approximate surface area is 103 Å². The van der Waals surface area contributed by atoms with Gasteiger partial charge in [0.25, 0.3) is 0 Å². The zero-order valence-corrected chi connectivity index (χ0v) is 9.36. The van der Waals surface area contributed by atoms with Gasteiger partial charge in [-0.2, -0.15) is 10.5 Å². The number of hydrogen-bond donors (Lipinski definition) is 0. The third-order valence-electron chi connectivity index (χ3n) is 2.18. The summed E-state index contributed by atoms with van der Waals surface area (Å²) in [5.41, 5.74) is -0.379. The van der Waals surface area contributed by atoms with E-state index in [0.717, 1.165) is 18.2 Å². The summed E-state index contributed by atoms with van der Waals surface area (Å²) in [5, 5.41) is 17.0. The molecule has 0 aliphatic carbocycles. The number of nitrogens with zero attached hydrogens (tertiary/aromatic N) is 3. The molecule has 0 N–H and O–H groups in total. The maximum Gasteiger partial charge on any atom is 0.179 e. The van der Waals surface area contributed by atoms with Crippen molar-refractivity contribution in [1.82, 2.24) is 4.90 Å². The van der Waals surface area contributed by atoms with E-state index in [1.807, 2.05) is 0 Å². The predicted molar refractivity (Wildman–Crippen MR) is 58.4 cm³/mol. The van der Waals surface area contributed by atoms with Crippen LogP contribution in [0, 0.1) is 34.3 Å². The first-order chi connectivity index (χ1) is 8.58. The minimum atomic E-state index is -0.824. The molecule has 0 fully saturated rings. The lowest BCUT2D eigenvalue weighted by Crippen LogP contribution is -2.31. The van der Waals surface area contributed by atoms with Crippen LogP contribution in [0.5, 0.6) is 0 Å². The van der Waals surface area contributed by atoms with Crippen molar-refractivity contribution in [3.05, 3.63) is 35.4 Å². The topological polar surface area (TPSA) is 67.9 Å². The molecule has 0 saturated heterocycles. The van der Waals surface area contributed by atoms with Crippen LogP contribution in [0.2, 0.25) is 0 Å². The number of carbonyl (C=O) groups excluding carboxylic acids is 1. The van der Waals surface area contributed by atoms with E-state index < -0.39 is 17.4 Å². The van der Waals surface area contributed by atoms with Crippen LogP contribution in [0.1, 0.15) is 10.4 Å². The van der Waals surface area contributed by atoms with Gasteiger partial charge in [-0.3, -0.25) is 9.69 Å². The first-order valence-corrected chi connectivity index (χ1v) is 5.03. The van der Waals surface area contributed by atoms with Gasteiger partial charge < -0.3 is 0 Å². The molecular weight excluding hydrogens is 240 g/mol. The highest BCUT2D eigenvalue weighted by atomic mass is 19.1. The summed E-state index contributed by atoms with van der Waals surface area (Å²) in [6.45, 7) is -0.562. The van der Waals surface area contributed by atoms with Crippen LogP contribution in [0.15, 0.2) is 18.2 Å². The Morgan fingerprint density at radius 2 is 1.83 bits per heavy atom. The molecule has 0 radical (unpaired) electrons. The van der Waals surface area contributed by atoms with E-state index >= 15 is 0 Å². The van der Waals surface area contributed by atoms with Crippen molar-refractivity contribution in [1.29, 1.82) is 10.5 Å². The lowest BCUT2D eigenvalue weighted by atomic mass is 10.1. The van der Waals surface area contributed by atoms with Crippen molar-refractivity contribution in [2.24, 2.45) is 0 Å². The molecule has 4 nitrogen and oxygen atoms in total. The Kier molecular flexibility index (Phi) is 4.91. The minimum absolute atomic E-state index is 0.129. The summed E-state index contributed by atoms with van der Waals surface area (Å²) in [5.74, 6) is -2.21. The van der Waals surface area contributed by atoms with Gasteiger partial charge in [-0.05, 0) is 18.2 Å². The Morgan fingerprint density at radius 1 is 1.22 bits per heavy atom. The summed E-state index contributed by atoms with van der Waals surface area (Å²) >= 11 is 0. The smallest absolute Gasteiger partial charge is 0.179 e. The Balaban J connectivity index is 2.84. The lowest BCUT2D eigenvalue weighted by molar-refractivity contribution is 0.0942. The van der Waals surface area contributed by atoms with E-state index in [1.54, 1.807) is 12.1 Å². The largest absolute Gasteiger partial charge is 0.293 e. The first kappa shape index (κ1) is 13.8. The molecule has 1 aromatic rings. The van der Waals surface area contributed by atoms with E-state index in [1.165, 1.54) is 4.90 Å². The zero-order valence-electron chi connectivity index (χ0n) is 9.36. The summed E-state index contributed by atoms with van der Waals surface area (Å²) in [6, 6.07) is 6.15. The molecule has 0 spiro atoms. The third-order valence-corrected chi connectivity index (χ3v) is 2.18. The van der Waals surface area contributed by atoms with Crippen LogP contribution in [0.3, 0.4) is 0 Å². The number of benzene rings is 1. The molecule has 92 valence electrons. The maximum atomic E-state index is 13.3. The van der Waals surface area contributed by atoms with Crippen LogP contribution in [-0.4, -0.2) is 30.3 Å². The summed E-state index contributed by atoms with van der Waals surface area (Å²) in [4.78, 5) is 13.0. The second kappa shape index (κ2) is 6.43. The first-order valence-electron chi connectivity index (χ1n) is 5.03. The van der Waals surface area contributed by atoms with E-state index in [0.29, 0.717) is 0 Å². The van der Waals surface area contributed by atoms with Gasteiger partial charge in [0.05, 0.1) is 37.3 Å². The number of rotatable bonds is 5. The van der Waals surface area contributed by atoms with Gasteiger partial charge in [-0.1, -0.05) is 0 Å². The fourth-order valence-corrected chi connectivity index (χ4v) is 1.37. The number of ketones is 1. The van der Waals surface area contributed by atoms with Crippen LogP contribution >= 0.6 is 0 Å². The molecular formula is C12H9F2N3O. The van der Waals surface area contributed by atoms with Gasteiger partial charge in [-0.15, -0.1) is 0 Å². The molecule has 6 heteroatoms. The molecule has 0 heterocycles. The van der Waals surface area contributed by atoms with E-state index in [2.05, 4.69) is 0 Å². The Morgan fingerprint density at radius 3 is 2.39 bits per heavy atom. The normalized spacial score (nSPS) is 9.83. The van der Waals surface area contributed by atoms with Crippen LogP contribution in [0.4, 0.5) is 8.78 Å². The number of Topliss-reactive ketones (excluding diaryl/α,β-unsaturated/α-hetero) is 1. The summed E-state index contributed by atoms with van der Waals surface area (Å²) < 4.78 is 26.2. The average Bonchev–Trinajstić information content (AvgIpc) is 2.33. The average molecular weight is 249 g/mol. The van der Waals surface area contributed by atoms with Crippen molar-refractivity contribution in [2.75, 3.05) is 19.6 Å². The van der Waals surface area contributed by atoms with Crippen molar-refractivity contribution < 1.29 is 13.6 Å². The lowest BCUT2D eigenvalue weighted by Gasteiger charge is -2.14. The maximum absolute atomic E-state index is 13.3. The third kappa shape index (κ3) is 3.62. The molecule has 0 aromatic heterocycles. The van der Waals surface area contributed by atoms with Crippen LogP contribution < -0.4 is 0 Å². The SMILES string of the molecule is N#CCN(CC#N)CC(=O)c1cc(F)ccc1F. The summed E-state index contributed by atoms with van der Waals surface area (Å²) in [7, 11) is 0. The summed E-state index contributed by atoms with van der Waals surface area (Å²) in [6.07, 6.45) is 0. The number of hydrogen-bond acceptors (Lipinski definition) is 4. The van der Waals surface area contributed by atoms with Gasteiger partial charge in [-0.25, -0.2) is 8.78 Å². The van der Waals surface area contributed by atoms with E-state index in [-0.39, 0.29) is 25.2 Å². The quantitative estimate of drug-likeness (QED) is 0.585. The predicted octanol–water partition coefficient (Wildman–Crippen LogP) is 1.50. The highest BCUT2D eigenvalue weighted by molar-refractivity contribution is 5.97. The van der Waals surface area contributed by atoms with Gasteiger partial charge in [0.2, 0.25) is 0 Å². The molecule has 1 rings (SSSR count). The van der Waals surface area contributed by atoms with E-state index in [4.69, 9.17) is 10.5 Å². The molecule has 0 unspecified atom stereocenters. The number of carbonyl (C=O) groups is 1. The second-order valence-electron chi connectivity index (χ2n) is 3.51. The molecule has 0 atom stereocenters. The van der Waals surface area contributed by atoms with Crippen molar-refractivity contribution >= 4 is 5.78 Å². The minimum Gasteiger partial charge on any atom is -0.293 e. The molecule has 0 amide bonds. The molecule has 0 bridgehead atoms. The molecule has 0 aliphatic rings. The molecule has 1 aromatic carbocycles. The van der Waals surface area contributed by atoms with Gasteiger partial charge in [0.15, 0.2) is 5.78 Å².